The van der Waals surface area contributed by atoms with Gasteiger partial charge in [-0.25, -0.2) is 13.1 Å². The zero-order valence-electron chi connectivity index (χ0n) is 8.46. The highest BCUT2D eigenvalue weighted by molar-refractivity contribution is 7.90. The summed E-state index contributed by atoms with van der Waals surface area (Å²) < 4.78 is 26.0. The number of rotatable bonds is 3. The molecule has 2 aliphatic carbocycles. The van der Waals surface area contributed by atoms with Gasteiger partial charge in [0.25, 0.3) is 0 Å². The van der Waals surface area contributed by atoms with Gasteiger partial charge in [0.05, 0.1) is 5.25 Å². The third-order valence-electron chi connectivity index (χ3n) is 3.42. The minimum Gasteiger partial charge on any atom is -0.212 e. The molecule has 14 heavy (non-hydrogen) atoms. The molecule has 2 aliphatic rings. The van der Waals surface area contributed by atoms with Crippen molar-refractivity contribution in [3.63, 3.8) is 0 Å². The fourth-order valence-electron chi connectivity index (χ4n) is 1.75. The molecule has 0 amide bonds. The van der Waals surface area contributed by atoms with Gasteiger partial charge >= 0.3 is 0 Å². The molecule has 0 bridgehead atoms. The predicted octanol–water partition coefficient (Wildman–Crippen LogP) is 1.47. The topological polar surface area (TPSA) is 46.2 Å². The van der Waals surface area contributed by atoms with Crippen molar-refractivity contribution in [3.8, 4) is 0 Å². The molecule has 2 saturated carbocycles. The molecule has 0 heterocycles. The van der Waals surface area contributed by atoms with Crippen molar-refractivity contribution in [3.05, 3.63) is 0 Å². The lowest BCUT2D eigenvalue weighted by molar-refractivity contribution is 0.137. The minimum atomic E-state index is -3.05. The average Bonchev–Trinajstić information content (AvgIpc) is 2.85. The number of alkyl halides is 1. The molecule has 0 aromatic carbocycles. The summed E-state index contributed by atoms with van der Waals surface area (Å²) in [7, 11) is -3.05. The summed E-state index contributed by atoms with van der Waals surface area (Å²) in [5, 5.41) is -0.0397. The van der Waals surface area contributed by atoms with Crippen molar-refractivity contribution in [2.75, 3.05) is 0 Å². The van der Waals surface area contributed by atoms with E-state index < -0.39 is 10.0 Å². The fourth-order valence-corrected chi connectivity index (χ4v) is 3.82. The van der Waals surface area contributed by atoms with E-state index >= 15 is 0 Å². The van der Waals surface area contributed by atoms with E-state index in [0.29, 0.717) is 0 Å². The van der Waals surface area contributed by atoms with Crippen molar-refractivity contribution in [1.82, 2.24) is 4.72 Å². The van der Waals surface area contributed by atoms with Crippen molar-refractivity contribution < 1.29 is 8.42 Å². The van der Waals surface area contributed by atoms with Gasteiger partial charge in [0.15, 0.2) is 0 Å². The number of sulfonamides is 1. The molecule has 82 valence electrons. The van der Waals surface area contributed by atoms with Gasteiger partial charge in [0.1, 0.15) is 0 Å². The molecular weight excluding hydrogens is 222 g/mol. The molecule has 2 unspecified atom stereocenters. The second-order valence-corrected chi connectivity index (χ2v) is 7.46. The van der Waals surface area contributed by atoms with Crippen molar-refractivity contribution in [2.45, 2.75) is 49.8 Å². The molecule has 3 nitrogen and oxygen atoms in total. The van der Waals surface area contributed by atoms with E-state index in [1.54, 1.807) is 0 Å². The van der Waals surface area contributed by atoms with Crippen LogP contribution in [-0.2, 0) is 10.0 Å². The third-order valence-corrected chi connectivity index (χ3v) is 6.12. The Morgan fingerprint density at radius 3 is 2.29 bits per heavy atom. The molecule has 5 heteroatoms. The van der Waals surface area contributed by atoms with Gasteiger partial charge in [-0.05, 0) is 24.7 Å². The first-order valence-corrected chi connectivity index (χ1v) is 6.97. The van der Waals surface area contributed by atoms with Gasteiger partial charge < -0.3 is 0 Å². The van der Waals surface area contributed by atoms with E-state index in [1.165, 1.54) is 0 Å². The highest BCUT2D eigenvalue weighted by Gasteiger charge is 2.50. The molecule has 2 atom stereocenters. The lowest BCUT2D eigenvalue weighted by Crippen LogP contribution is -2.59. The second-order valence-electron chi connectivity index (χ2n) is 4.94. The first-order valence-electron chi connectivity index (χ1n) is 4.99. The SMILES string of the molecule is CC1(C)C(Cl)CC1NS(=O)(=O)C1CC1. The van der Waals surface area contributed by atoms with Crippen LogP contribution in [0.4, 0.5) is 0 Å². The van der Waals surface area contributed by atoms with Crippen LogP contribution < -0.4 is 4.72 Å². The smallest absolute Gasteiger partial charge is 0.212 e. The molecule has 0 saturated heterocycles. The Balaban J connectivity index is 1.99. The molecule has 0 radical (unpaired) electrons. The molecule has 1 N–H and O–H groups in total. The summed E-state index contributed by atoms with van der Waals surface area (Å²) in [6, 6.07) is 0.0237. The number of hydrogen-bond donors (Lipinski definition) is 1. The largest absolute Gasteiger partial charge is 0.214 e. The molecule has 0 aromatic rings. The number of hydrogen-bond acceptors (Lipinski definition) is 2. The Kier molecular flexibility index (Phi) is 2.37. The van der Waals surface area contributed by atoms with Crippen LogP contribution in [0.25, 0.3) is 0 Å². The van der Waals surface area contributed by atoms with Crippen LogP contribution in [0.2, 0.25) is 0 Å². The maximum Gasteiger partial charge on any atom is 0.214 e. The van der Waals surface area contributed by atoms with Crippen LogP contribution in [0.5, 0.6) is 0 Å². The van der Waals surface area contributed by atoms with Gasteiger partial charge in [0, 0.05) is 11.4 Å². The lowest BCUT2D eigenvalue weighted by Gasteiger charge is -2.49. The van der Waals surface area contributed by atoms with Gasteiger partial charge in [-0.3, -0.25) is 0 Å². The van der Waals surface area contributed by atoms with Crippen LogP contribution in [0.15, 0.2) is 0 Å². The minimum absolute atomic E-state index is 0.0237. The van der Waals surface area contributed by atoms with Crippen molar-refractivity contribution in [1.29, 1.82) is 0 Å². The normalized spacial score (nSPS) is 36.5. The maximum atomic E-state index is 11.6. The number of nitrogens with one attached hydrogen (secondary N) is 1. The van der Waals surface area contributed by atoms with E-state index in [-0.39, 0.29) is 22.1 Å². The first-order chi connectivity index (χ1) is 6.34. The zero-order valence-corrected chi connectivity index (χ0v) is 10.0. The Morgan fingerprint density at radius 2 is 1.93 bits per heavy atom. The van der Waals surface area contributed by atoms with Gasteiger partial charge in [-0.15, -0.1) is 11.6 Å². The average molecular weight is 238 g/mol. The third kappa shape index (κ3) is 1.68. The van der Waals surface area contributed by atoms with Crippen LogP contribution in [0.1, 0.15) is 33.1 Å². The van der Waals surface area contributed by atoms with E-state index in [1.807, 2.05) is 13.8 Å². The summed E-state index contributed by atoms with van der Waals surface area (Å²) in [4.78, 5) is 0. The molecule has 2 rings (SSSR count). The Hall–Kier alpha value is 0.200. The standard InChI is InChI=1S/C9H16ClNO2S/c1-9(2)7(10)5-8(9)11-14(12,13)6-3-4-6/h6-8,11H,3-5H2,1-2H3. The molecule has 0 aromatic heterocycles. The molecule has 0 aliphatic heterocycles. The van der Waals surface area contributed by atoms with E-state index in [0.717, 1.165) is 19.3 Å². The first kappa shape index (κ1) is 10.7. The molecule has 0 spiro atoms. The Bertz CT molecular complexity index is 335. The second kappa shape index (κ2) is 3.09. The van der Waals surface area contributed by atoms with Crippen LogP contribution in [0.3, 0.4) is 0 Å². The van der Waals surface area contributed by atoms with Crippen molar-refractivity contribution >= 4 is 21.6 Å². The summed E-state index contributed by atoms with van der Waals surface area (Å²) >= 11 is 6.02. The monoisotopic (exact) mass is 237 g/mol. The van der Waals surface area contributed by atoms with Gasteiger partial charge in [-0.1, -0.05) is 13.8 Å². The van der Waals surface area contributed by atoms with Crippen LogP contribution in [-0.4, -0.2) is 25.1 Å². The summed E-state index contributed by atoms with van der Waals surface area (Å²) in [5.74, 6) is 0. The van der Waals surface area contributed by atoms with E-state index in [2.05, 4.69) is 4.72 Å². The van der Waals surface area contributed by atoms with Crippen molar-refractivity contribution in [2.24, 2.45) is 5.41 Å². The summed E-state index contributed by atoms with van der Waals surface area (Å²) in [5.41, 5.74) is -0.108. The Morgan fingerprint density at radius 1 is 1.36 bits per heavy atom. The van der Waals surface area contributed by atoms with Crippen LogP contribution >= 0.6 is 11.6 Å². The van der Waals surface area contributed by atoms with E-state index in [9.17, 15) is 8.42 Å². The zero-order chi connectivity index (χ0) is 10.6. The summed E-state index contributed by atoms with van der Waals surface area (Å²) in [6.45, 7) is 4.02. The number of halogens is 1. The summed E-state index contributed by atoms with van der Waals surface area (Å²) in [6.07, 6.45) is 2.38. The highest BCUT2D eigenvalue weighted by atomic mass is 35.5. The molecule has 2 fully saturated rings. The quantitative estimate of drug-likeness (QED) is 0.756. The van der Waals surface area contributed by atoms with E-state index in [4.69, 9.17) is 11.6 Å². The highest BCUT2D eigenvalue weighted by Crippen LogP contribution is 2.45. The predicted molar refractivity (Wildman–Crippen MR) is 56.9 cm³/mol. The lowest BCUT2D eigenvalue weighted by atomic mass is 9.67. The van der Waals surface area contributed by atoms with Gasteiger partial charge in [-0.2, -0.15) is 0 Å². The maximum absolute atomic E-state index is 11.6. The fraction of sp³-hybridized carbons (Fsp3) is 1.00. The van der Waals surface area contributed by atoms with Crippen LogP contribution in [0, 0.1) is 5.41 Å². The molecular formula is C9H16ClNO2S. The Labute approximate surface area is 90.3 Å². The van der Waals surface area contributed by atoms with Gasteiger partial charge in [0.2, 0.25) is 10.0 Å².